The van der Waals surface area contributed by atoms with Crippen molar-refractivity contribution in [1.29, 1.82) is 0 Å². The summed E-state index contributed by atoms with van der Waals surface area (Å²) in [6, 6.07) is 0.539. The van der Waals surface area contributed by atoms with Crippen molar-refractivity contribution in [1.82, 2.24) is 9.97 Å². The molecule has 1 aromatic rings. The second-order valence-electron chi connectivity index (χ2n) is 4.71. The van der Waals surface area contributed by atoms with Crippen LogP contribution in [0.5, 0.6) is 0 Å². The summed E-state index contributed by atoms with van der Waals surface area (Å²) in [4.78, 5) is 11.2. The summed E-state index contributed by atoms with van der Waals surface area (Å²) in [5.74, 6) is 1.77. The minimum atomic E-state index is 0.539. The zero-order chi connectivity index (χ0) is 13.5. The van der Waals surface area contributed by atoms with Crippen molar-refractivity contribution in [2.75, 3.05) is 23.8 Å². The number of anilines is 2. The minimum Gasteiger partial charge on any atom is -0.356 e. The van der Waals surface area contributed by atoms with E-state index in [0.29, 0.717) is 6.04 Å². The highest BCUT2D eigenvalue weighted by molar-refractivity contribution is 5.49. The molecule has 0 spiro atoms. The fourth-order valence-electron chi connectivity index (χ4n) is 2.12. The van der Waals surface area contributed by atoms with Crippen molar-refractivity contribution >= 4 is 11.8 Å². The van der Waals surface area contributed by atoms with Crippen LogP contribution in [0.4, 0.5) is 11.8 Å². The van der Waals surface area contributed by atoms with Gasteiger partial charge in [-0.3, -0.25) is 0 Å². The molecule has 1 rings (SSSR count). The van der Waals surface area contributed by atoms with E-state index in [1.54, 1.807) is 0 Å². The number of hydrogen-bond acceptors (Lipinski definition) is 4. The molecule has 1 N–H and O–H groups in total. The van der Waals surface area contributed by atoms with Gasteiger partial charge in [0.1, 0.15) is 5.82 Å². The number of hydrogen-bond donors (Lipinski definition) is 1. The van der Waals surface area contributed by atoms with Gasteiger partial charge in [-0.15, -0.1) is 0 Å². The highest BCUT2D eigenvalue weighted by Gasteiger charge is 2.15. The molecule has 18 heavy (non-hydrogen) atoms. The van der Waals surface area contributed by atoms with Crippen molar-refractivity contribution in [3.05, 3.63) is 11.8 Å². The Bertz CT molecular complexity index is 361. The lowest BCUT2D eigenvalue weighted by Gasteiger charge is -2.28. The van der Waals surface area contributed by atoms with E-state index < -0.39 is 0 Å². The van der Waals surface area contributed by atoms with Crippen molar-refractivity contribution in [2.45, 2.75) is 53.0 Å². The molecule has 4 nitrogen and oxygen atoms in total. The second-order valence-corrected chi connectivity index (χ2v) is 4.71. The van der Waals surface area contributed by atoms with Crippen LogP contribution in [0, 0.1) is 6.92 Å². The Morgan fingerprint density at radius 2 is 1.94 bits per heavy atom. The lowest BCUT2D eigenvalue weighted by atomic mass is 10.1. The average molecular weight is 250 g/mol. The molecule has 0 fully saturated rings. The van der Waals surface area contributed by atoms with Crippen LogP contribution in [-0.4, -0.2) is 29.6 Å². The van der Waals surface area contributed by atoms with E-state index >= 15 is 0 Å². The molecule has 1 aromatic heterocycles. The number of rotatable bonds is 7. The van der Waals surface area contributed by atoms with Crippen LogP contribution >= 0.6 is 0 Å². The summed E-state index contributed by atoms with van der Waals surface area (Å²) < 4.78 is 0. The zero-order valence-corrected chi connectivity index (χ0v) is 12.3. The lowest BCUT2D eigenvalue weighted by molar-refractivity contribution is 0.585. The molecule has 4 heteroatoms. The molecule has 0 aliphatic heterocycles. The van der Waals surface area contributed by atoms with Gasteiger partial charge in [-0.2, -0.15) is 4.98 Å². The Morgan fingerprint density at radius 3 is 2.50 bits per heavy atom. The fraction of sp³-hybridized carbons (Fsp3) is 0.714. The third-order valence-corrected chi connectivity index (χ3v) is 3.30. The van der Waals surface area contributed by atoms with E-state index in [1.165, 1.54) is 0 Å². The highest BCUT2D eigenvalue weighted by atomic mass is 15.2. The summed E-state index contributed by atoms with van der Waals surface area (Å²) in [7, 11) is 2.12. The maximum atomic E-state index is 4.63. The van der Waals surface area contributed by atoms with Gasteiger partial charge in [0.25, 0.3) is 0 Å². The van der Waals surface area contributed by atoms with E-state index in [0.717, 1.165) is 43.1 Å². The first-order valence-corrected chi connectivity index (χ1v) is 6.94. The van der Waals surface area contributed by atoms with Gasteiger partial charge >= 0.3 is 0 Å². The largest absolute Gasteiger partial charge is 0.356 e. The first kappa shape index (κ1) is 14.7. The Hall–Kier alpha value is -1.32. The first-order valence-electron chi connectivity index (χ1n) is 6.94. The SMILES string of the molecule is CCCNc1ncc(C)c(N(C)C(CC)CC)n1. The molecule has 0 aromatic carbocycles. The molecule has 1 heterocycles. The molecule has 0 unspecified atom stereocenters. The van der Waals surface area contributed by atoms with Crippen molar-refractivity contribution < 1.29 is 0 Å². The highest BCUT2D eigenvalue weighted by Crippen LogP contribution is 2.21. The van der Waals surface area contributed by atoms with Crippen LogP contribution in [0.2, 0.25) is 0 Å². The van der Waals surface area contributed by atoms with Crippen LogP contribution in [0.1, 0.15) is 45.6 Å². The van der Waals surface area contributed by atoms with Crippen LogP contribution in [0.25, 0.3) is 0 Å². The number of nitrogens with zero attached hydrogens (tertiary/aromatic N) is 3. The first-order chi connectivity index (χ1) is 8.63. The number of aromatic nitrogens is 2. The summed E-state index contributed by atoms with van der Waals surface area (Å²) >= 11 is 0. The van der Waals surface area contributed by atoms with Crippen LogP contribution in [0.3, 0.4) is 0 Å². The molecule has 0 amide bonds. The topological polar surface area (TPSA) is 41.1 Å². The fourth-order valence-corrected chi connectivity index (χ4v) is 2.12. The predicted octanol–water partition coefficient (Wildman–Crippen LogP) is 3.23. The molecule has 0 saturated carbocycles. The molecule has 0 saturated heterocycles. The summed E-state index contributed by atoms with van der Waals surface area (Å²) in [6.07, 6.45) is 5.25. The lowest BCUT2D eigenvalue weighted by Crippen LogP contribution is -2.32. The molecular formula is C14H26N4. The number of aryl methyl sites for hydroxylation is 1. The van der Waals surface area contributed by atoms with Crippen LogP contribution in [-0.2, 0) is 0 Å². The summed E-state index contributed by atoms with van der Waals surface area (Å²) in [5.41, 5.74) is 1.13. The molecule has 0 aliphatic rings. The van der Waals surface area contributed by atoms with Gasteiger partial charge in [-0.25, -0.2) is 4.98 Å². The molecule has 0 bridgehead atoms. The van der Waals surface area contributed by atoms with E-state index in [-0.39, 0.29) is 0 Å². The quantitative estimate of drug-likeness (QED) is 0.806. The molecular weight excluding hydrogens is 224 g/mol. The maximum absolute atomic E-state index is 4.63. The monoisotopic (exact) mass is 250 g/mol. The minimum absolute atomic E-state index is 0.539. The molecule has 0 aliphatic carbocycles. The van der Waals surface area contributed by atoms with Gasteiger partial charge in [0, 0.05) is 31.4 Å². The maximum Gasteiger partial charge on any atom is 0.224 e. The van der Waals surface area contributed by atoms with Gasteiger partial charge in [0.2, 0.25) is 5.95 Å². The van der Waals surface area contributed by atoms with Crippen LogP contribution in [0.15, 0.2) is 6.20 Å². The average Bonchev–Trinajstić information content (AvgIpc) is 2.39. The standard InChI is InChI=1S/C14H26N4/c1-6-9-15-14-16-10-11(4)13(17-14)18(5)12(7-2)8-3/h10,12H,6-9H2,1-5H3,(H,15,16,17). The summed E-state index contributed by atoms with van der Waals surface area (Å²) in [5, 5.41) is 3.24. The van der Waals surface area contributed by atoms with Crippen molar-refractivity contribution in [3.8, 4) is 0 Å². The Morgan fingerprint density at radius 1 is 1.28 bits per heavy atom. The van der Waals surface area contributed by atoms with Gasteiger partial charge in [-0.05, 0) is 26.2 Å². The van der Waals surface area contributed by atoms with Gasteiger partial charge in [0.05, 0.1) is 0 Å². The van der Waals surface area contributed by atoms with E-state index in [9.17, 15) is 0 Å². The van der Waals surface area contributed by atoms with Gasteiger partial charge < -0.3 is 10.2 Å². The third-order valence-electron chi connectivity index (χ3n) is 3.30. The van der Waals surface area contributed by atoms with E-state index in [4.69, 9.17) is 0 Å². The number of nitrogens with one attached hydrogen (secondary N) is 1. The molecule has 102 valence electrons. The smallest absolute Gasteiger partial charge is 0.224 e. The van der Waals surface area contributed by atoms with E-state index in [2.05, 4.69) is 54.9 Å². The molecule has 0 atom stereocenters. The van der Waals surface area contributed by atoms with Crippen LogP contribution < -0.4 is 10.2 Å². The van der Waals surface area contributed by atoms with Gasteiger partial charge in [0.15, 0.2) is 0 Å². The zero-order valence-electron chi connectivity index (χ0n) is 12.3. The Labute approximate surface area is 111 Å². The predicted molar refractivity (Wildman–Crippen MR) is 78.3 cm³/mol. The van der Waals surface area contributed by atoms with Crippen molar-refractivity contribution in [3.63, 3.8) is 0 Å². The Balaban J connectivity index is 2.91. The third kappa shape index (κ3) is 3.59. The summed E-state index contributed by atoms with van der Waals surface area (Å²) in [6.45, 7) is 9.56. The van der Waals surface area contributed by atoms with Gasteiger partial charge in [-0.1, -0.05) is 20.8 Å². The molecule has 0 radical (unpaired) electrons. The van der Waals surface area contributed by atoms with E-state index in [1.807, 2.05) is 6.20 Å². The normalized spacial score (nSPS) is 10.8. The second kappa shape index (κ2) is 7.19. The van der Waals surface area contributed by atoms with Crippen molar-refractivity contribution in [2.24, 2.45) is 0 Å². The Kier molecular flexibility index (Phi) is 5.89.